The molecule has 4 aromatic rings. The molecule has 10 nitrogen and oxygen atoms in total. The molecule has 5 rings (SSSR count). The van der Waals surface area contributed by atoms with Gasteiger partial charge in [-0.3, -0.25) is 14.6 Å². The Bertz CT molecular complexity index is 1750. The van der Waals surface area contributed by atoms with Crippen LogP contribution in [0.2, 0.25) is 5.02 Å². The number of hydrogen-bond donors (Lipinski definition) is 3. The van der Waals surface area contributed by atoms with Crippen LogP contribution in [0.1, 0.15) is 49.2 Å². The summed E-state index contributed by atoms with van der Waals surface area (Å²) in [4.78, 5) is 37.9. The van der Waals surface area contributed by atoms with E-state index in [0.29, 0.717) is 48.5 Å². The molecule has 1 aliphatic heterocycles. The molecule has 0 radical (unpaired) electrons. The number of likely N-dealkylation sites (N-methyl/N-ethyl adjacent to an activating group) is 1. The SMILES string of the molecule is C=CCNCc1cnc(C(=O)Nc2cccc(-c3cccc(NC(=O)c4nc5c(n4C)CCN(C)C5)c3Cl)c2C)cc1COC. The number of rotatable bonds is 11. The van der Waals surface area contributed by atoms with E-state index in [-0.39, 0.29) is 17.5 Å². The minimum Gasteiger partial charge on any atom is -0.380 e. The molecule has 0 saturated carbocycles. The Morgan fingerprint density at radius 3 is 2.56 bits per heavy atom. The molecule has 0 spiro atoms. The molecule has 3 heterocycles. The van der Waals surface area contributed by atoms with Crippen LogP contribution in [0, 0.1) is 6.92 Å². The Hall–Kier alpha value is -4.35. The number of anilines is 2. The van der Waals surface area contributed by atoms with Gasteiger partial charge in [0.1, 0.15) is 5.69 Å². The van der Waals surface area contributed by atoms with E-state index in [4.69, 9.17) is 16.3 Å². The van der Waals surface area contributed by atoms with Crippen LogP contribution in [0.5, 0.6) is 0 Å². The fraction of sp³-hybridized carbons (Fsp3) is 0.294. The van der Waals surface area contributed by atoms with Gasteiger partial charge in [0.15, 0.2) is 5.82 Å². The largest absolute Gasteiger partial charge is 0.380 e. The van der Waals surface area contributed by atoms with Crippen molar-refractivity contribution in [1.82, 2.24) is 24.8 Å². The fourth-order valence-corrected chi connectivity index (χ4v) is 5.81. The zero-order valence-corrected chi connectivity index (χ0v) is 26.8. The summed E-state index contributed by atoms with van der Waals surface area (Å²) in [5, 5.41) is 9.60. The van der Waals surface area contributed by atoms with E-state index in [9.17, 15) is 9.59 Å². The average Bonchev–Trinajstić information content (AvgIpc) is 3.35. The van der Waals surface area contributed by atoms with Gasteiger partial charge in [-0.15, -0.1) is 6.58 Å². The lowest BCUT2D eigenvalue weighted by molar-refractivity contribution is 0.100. The van der Waals surface area contributed by atoms with Gasteiger partial charge in [-0.05, 0) is 54.4 Å². The van der Waals surface area contributed by atoms with Gasteiger partial charge in [0.25, 0.3) is 11.8 Å². The van der Waals surface area contributed by atoms with Gasteiger partial charge in [-0.2, -0.15) is 0 Å². The number of ether oxygens (including phenoxy) is 1. The Balaban J connectivity index is 1.36. The van der Waals surface area contributed by atoms with E-state index in [1.165, 1.54) is 0 Å². The van der Waals surface area contributed by atoms with Gasteiger partial charge in [-0.1, -0.05) is 41.9 Å². The lowest BCUT2D eigenvalue weighted by atomic mass is 9.98. The number of aromatic nitrogens is 3. The zero-order chi connectivity index (χ0) is 32.1. The number of carbonyl (C=O) groups excluding carboxylic acids is 2. The molecule has 0 aliphatic carbocycles. The van der Waals surface area contributed by atoms with Crippen molar-refractivity contribution in [2.45, 2.75) is 33.0 Å². The predicted octanol–water partition coefficient (Wildman–Crippen LogP) is 5.36. The third-order valence-electron chi connectivity index (χ3n) is 7.99. The molecule has 3 N–H and O–H groups in total. The third-order valence-corrected chi connectivity index (χ3v) is 8.40. The summed E-state index contributed by atoms with van der Waals surface area (Å²) >= 11 is 6.90. The second kappa shape index (κ2) is 14.2. The number of nitrogens with one attached hydrogen (secondary N) is 3. The van der Waals surface area contributed by atoms with Crippen molar-refractivity contribution >= 4 is 34.8 Å². The van der Waals surface area contributed by atoms with Crippen molar-refractivity contribution in [1.29, 1.82) is 0 Å². The van der Waals surface area contributed by atoms with Crippen LogP contribution in [-0.2, 0) is 37.9 Å². The number of carbonyl (C=O) groups is 2. The second-order valence-corrected chi connectivity index (χ2v) is 11.5. The molecule has 234 valence electrons. The molecule has 0 fully saturated rings. The summed E-state index contributed by atoms with van der Waals surface area (Å²) in [5.74, 6) is -0.315. The number of pyridine rings is 1. The van der Waals surface area contributed by atoms with E-state index in [1.807, 2.05) is 55.9 Å². The average molecular weight is 628 g/mol. The van der Waals surface area contributed by atoms with Crippen molar-refractivity contribution < 1.29 is 14.3 Å². The molecule has 11 heteroatoms. The molecule has 2 aromatic heterocycles. The van der Waals surface area contributed by atoms with Crippen molar-refractivity contribution in [3.63, 3.8) is 0 Å². The molecule has 0 unspecified atom stereocenters. The molecule has 2 aromatic carbocycles. The fourth-order valence-electron chi connectivity index (χ4n) is 5.53. The molecule has 45 heavy (non-hydrogen) atoms. The standard InChI is InChI=1S/C34H38ClN7O3/c1-6-14-36-17-23-18-37-28(16-22(23)20-45-5)33(43)39-26-11-7-9-24(21(26)2)25-10-8-12-27(31(25)35)40-34(44)32-38-29-19-41(3)15-13-30(29)42(32)4/h6-12,16,18,36H,1,13-15,17,19-20H2,2-5H3,(H,39,43)(H,40,44). The van der Waals surface area contributed by atoms with Crippen LogP contribution in [0.4, 0.5) is 11.4 Å². The molecule has 0 saturated heterocycles. The van der Waals surface area contributed by atoms with Gasteiger partial charge in [0, 0.05) is 69.9 Å². The number of amides is 2. The normalized spacial score (nSPS) is 12.9. The number of benzene rings is 2. The summed E-state index contributed by atoms with van der Waals surface area (Å²) in [5.41, 5.74) is 7.57. The Labute approximate surface area is 268 Å². The maximum atomic E-state index is 13.3. The van der Waals surface area contributed by atoms with Gasteiger partial charge in [0.05, 0.1) is 23.0 Å². The highest BCUT2D eigenvalue weighted by atomic mass is 35.5. The monoisotopic (exact) mass is 627 g/mol. The van der Waals surface area contributed by atoms with Gasteiger partial charge in [-0.25, -0.2) is 4.98 Å². The summed E-state index contributed by atoms with van der Waals surface area (Å²) in [6, 6.07) is 12.9. The van der Waals surface area contributed by atoms with Crippen molar-refractivity contribution in [3.05, 3.63) is 106 Å². The van der Waals surface area contributed by atoms with Crippen molar-refractivity contribution in [2.24, 2.45) is 7.05 Å². The van der Waals surface area contributed by atoms with Crippen LogP contribution in [0.3, 0.4) is 0 Å². The lowest BCUT2D eigenvalue weighted by Crippen LogP contribution is -2.27. The predicted molar refractivity (Wildman–Crippen MR) is 178 cm³/mol. The minimum absolute atomic E-state index is 0.282. The first-order valence-electron chi connectivity index (χ1n) is 14.7. The number of halogens is 1. The Morgan fingerprint density at radius 1 is 1.07 bits per heavy atom. The van der Waals surface area contributed by atoms with Crippen LogP contribution >= 0.6 is 11.6 Å². The van der Waals surface area contributed by atoms with Crippen molar-refractivity contribution in [2.75, 3.05) is 37.9 Å². The smallest absolute Gasteiger partial charge is 0.291 e. The quantitative estimate of drug-likeness (QED) is 0.152. The highest BCUT2D eigenvalue weighted by Gasteiger charge is 2.25. The molecule has 1 aliphatic rings. The van der Waals surface area contributed by atoms with E-state index in [2.05, 4.69) is 37.4 Å². The second-order valence-electron chi connectivity index (χ2n) is 11.1. The third kappa shape index (κ3) is 6.99. The van der Waals surface area contributed by atoms with Gasteiger partial charge >= 0.3 is 0 Å². The van der Waals surface area contributed by atoms with Crippen LogP contribution in [0.25, 0.3) is 11.1 Å². The summed E-state index contributed by atoms with van der Waals surface area (Å²) < 4.78 is 7.23. The summed E-state index contributed by atoms with van der Waals surface area (Å²) in [6.07, 6.45) is 4.32. The van der Waals surface area contributed by atoms with Crippen LogP contribution in [0.15, 0.2) is 61.3 Å². The Morgan fingerprint density at radius 2 is 1.80 bits per heavy atom. The van der Waals surface area contributed by atoms with Gasteiger partial charge in [0.2, 0.25) is 0 Å². The molecular weight excluding hydrogens is 590 g/mol. The maximum absolute atomic E-state index is 13.3. The van der Waals surface area contributed by atoms with E-state index < -0.39 is 0 Å². The van der Waals surface area contributed by atoms with E-state index in [1.54, 1.807) is 31.5 Å². The van der Waals surface area contributed by atoms with Crippen LogP contribution in [-0.4, -0.2) is 58.5 Å². The lowest BCUT2D eigenvalue weighted by Gasteiger charge is -2.21. The van der Waals surface area contributed by atoms with E-state index >= 15 is 0 Å². The molecule has 2 amide bonds. The summed E-state index contributed by atoms with van der Waals surface area (Å²) in [7, 11) is 5.53. The summed E-state index contributed by atoms with van der Waals surface area (Å²) in [6.45, 7) is 8.87. The molecular formula is C34H38ClN7O3. The molecule has 0 atom stereocenters. The van der Waals surface area contributed by atoms with Crippen molar-refractivity contribution in [3.8, 4) is 11.1 Å². The Kier molecular flexibility index (Phi) is 10.1. The first kappa shape index (κ1) is 32.1. The van der Waals surface area contributed by atoms with Gasteiger partial charge < -0.3 is 30.2 Å². The number of nitrogens with zero attached hydrogens (tertiary/aromatic N) is 4. The zero-order valence-electron chi connectivity index (χ0n) is 26.0. The maximum Gasteiger partial charge on any atom is 0.291 e. The van der Waals surface area contributed by atoms with E-state index in [0.717, 1.165) is 52.2 Å². The minimum atomic E-state index is -0.339. The number of imidazole rings is 1. The topological polar surface area (TPSA) is 113 Å². The highest BCUT2D eigenvalue weighted by molar-refractivity contribution is 6.36. The first-order valence-corrected chi connectivity index (χ1v) is 15.1. The number of fused-ring (bicyclic) bond motifs is 1. The molecule has 0 bridgehead atoms. The first-order chi connectivity index (χ1) is 21.7. The number of hydrogen-bond acceptors (Lipinski definition) is 7. The van der Waals surface area contributed by atoms with Crippen LogP contribution < -0.4 is 16.0 Å². The highest BCUT2D eigenvalue weighted by Crippen LogP contribution is 2.37. The number of methoxy groups -OCH3 is 1.